The van der Waals surface area contributed by atoms with Gasteiger partial charge in [0.25, 0.3) is 0 Å². The SMILES string of the molecule is CSC(C)(C)CNCc1cc(Br)c(Cl)s1. The van der Waals surface area contributed by atoms with Gasteiger partial charge in [0.1, 0.15) is 4.34 Å². The molecule has 0 radical (unpaired) electrons. The summed E-state index contributed by atoms with van der Waals surface area (Å²) in [6.45, 7) is 6.37. The summed E-state index contributed by atoms with van der Waals surface area (Å²) >= 11 is 12.9. The van der Waals surface area contributed by atoms with Gasteiger partial charge in [-0.15, -0.1) is 11.3 Å². The second-order valence-corrected chi connectivity index (χ2v) is 8.01. The standard InChI is InChI=1S/C10H15BrClNS2/c1-10(2,14-3)6-13-5-7-4-8(11)9(12)15-7/h4,13H,5-6H2,1-3H3. The van der Waals surface area contributed by atoms with Gasteiger partial charge in [-0.2, -0.15) is 11.8 Å². The lowest BCUT2D eigenvalue weighted by atomic mass is 10.2. The van der Waals surface area contributed by atoms with Gasteiger partial charge in [0.2, 0.25) is 0 Å². The Morgan fingerprint density at radius 1 is 1.60 bits per heavy atom. The molecule has 0 aromatic carbocycles. The van der Waals surface area contributed by atoms with E-state index in [0.29, 0.717) is 0 Å². The van der Waals surface area contributed by atoms with Crippen molar-refractivity contribution < 1.29 is 0 Å². The smallest absolute Gasteiger partial charge is 0.107 e. The number of rotatable bonds is 5. The molecule has 1 aromatic rings. The predicted octanol–water partition coefficient (Wildman–Crippen LogP) is 4.40. The highest BCUT2D eigenvalue weighted by Gasteiger charge is 2.15. The van der Waals surface area contributed by atoms with Crippen LogP contribution in [-0.2, 0) is 6.54 Å². The molecule has 0 aliphatic heterocycles. The first-order valence-corrected chi connectivity index (χ1v) is 7.85. The summed E-state index contributed by atoms with van der Waals surface area (Å²) < 4.78 is 2.11. The summed E-state index contributed by atoms with van der Waals surface area (Å²) in [5.74, 6) is 0. The van der Waals surface area contributed by atoms with Crippen LogP contribution in [0.1, 0.15) is 18.7 Å². The lowest BCUT2D eigenvalue weighted by Gasteiger charge is -2.22. The molecule has 0 atom stereocenters. The van der Waals surface area contributed by atoms with E-state index in [4.69, 9.17) is 11.6 Å². The normalized spacial score (nSPS) is 12.1. The molecule has 1 nitrogen and oxygen atoms in total. The van der Waals surface area contributed by atoms with Crippen LogP contribution in [0.3, 0.4) is 0 Å². The third-order valence-corrected chi connectivity index (χ3v) is 5.82. The van der Waals surface area contributed by atoms with Gasteiger partial charge in [0, 0.05) is 27.2 Å². The number of hydrogen-bond acceptors (Lipinski definition) is 3. The van der Waals surface area contributed by atoms with Crippen LogP contribution >= 0.6 is 50.6 Å². The third kappa shape index (κ3) is 4.65. The van der Waals surface area contributed by atoms with Crippen LogP contribution < -0.4 is 5.32 Å². The van der Waals surface area contributed by atoms with Crippen molar-refractivity contribution in [2.24, 2.45) is 0 Å². The maximum atomic E-state index is 5.97. The van der Waals surface area contributed by atoms with Crippen LogP contribution in [0, 0.1) is 0 Å². The minimum Gasteiger partial charge on any atom is -0.310 e. The molecule has 0 aliphatic rings. The molecule has 1 aromatic heterocycles. The van der Waals surface area contributed by atoms with Gasteiger partial charge in [-0.25, -0.2) is 0 Å². The van der Waals surface area contributed by atoms with Gasteiger partial charge in [0.05, 0.1) is 0 Å². The van der Waals surface area contributed by atoms with E-state index in [-0.39, 0.29) is 4.75 Å². The van der Waals surface area contributed by atoms with Crippen LogP contribution in [0.25, 0.3) is 0 Å². The number of nitrogens with one attached hydrogen (secondary N) is 1. The summed E-state index contributed by atoms with van der Waals surface area (Å²) in [6, 6.07) is 2.08. The molecule has 1 rings (SSSR count). The zero-order chi connectivity index (χ0) is 11.5. The van der Waals surface area contributed by atoms with Gasteiger partial charge in [-0.05, 0) is 42.1 Å². The zero-order valence-electron chi connectivity index (χ0n) is 9.06. The van der Waals surface area contributed by atoms with Crippen LogP contribution in [0.4, 0.5) is 0 Å². The van der Waals surface area contributed by atoms with Gasteiger partial charge in [-0.3, -0.25) is 0 Å². The predicted molar refractivity (Wildman–Crippen MR) is 76.3 cm³/mol. The highest BCUT2D eigenvalue weighted by molar-refractivity contribution is 9.10. The molecule has 0 aliphatic carbocycles. The molecular formula is C10H15BrClNS2. The fourth-order valence-electron chi connectivity index (χ4n) is 1.04. The summed E-state index contributed by atoms with van der Waals surface area (Å²) in [6.07, 6.45) is 2.14. The van der Waals surface area contributed by atoms with Crippen LogP contribution in [0.5, 0.6) is 0 Å². The van der Waals surface area contributed by atoms with Crippen molar-refractivity contribution in [3.8, 4) is 0 Å². The molecule has 1 heterocycles. The van der Waals surface area contributed by atoms with E-state index in [1.807, 2.05) is 11.8 Å². The molecule has 0 unspecified atom stereocenters. The molecule has 0 fully saturated rings. The van der Waals surface area contributed by atoms with Gasteiger partial charge in [-0.1, -0.05) is 11.6 Å². The van der Waals surface area contributed by atoms with Crippen LogP contribution in [0.2, 0.25) is 4.34 Å². The number of halogens is 2. The molecule has 15 heavy (non-hydrogen) atoms. The topological polar surface area (TPSA) is 12.0 Å². The Bertz CT molecular complexity index is 306. The van der Waals surface area contributed by atoms with E-state index in [1.54, 1.807) is 11.3 Å². The number of hydrogen-bond donors (Lipinski definition) is 1. The second-order valence-electron chi connectivity index (χ2n) is 3.90. The van der Waals surface area contributed by atoms with Crippen molar-refractivity contribution in [1.82, 2.24) is 5.32 Å². The fraction of sp³-hybridized carbons (Fsp3) is 0.600. The number of thiophene rings is 1. The minimum atomic E-state index is 0.290. The van der Waals surface area contributed by atoms with Crippen molar-refractivity contribution in [1.29, 1.82) is 0 Å². The molecule has 5 heteroatoms. The first-order chi connectivity index (χ1) is 6.94. The summed E-state index contributed by atoms with van der Waals surface area (Å²) in [4.78, 5) is 1.27. The Labute approximate surface area is 113 Å². The highest BCUT2D eigenvalue weighted by atomic mass is 79.9. The Kier molecular flexibility index (Phi) is 5.46. The van der Waals surface area contributed by atoms with Gasteiger partial charge >= 0.3 is 0 Å². The fourth-order valence-corrected chi connectivity index (χ4v) is 3.04. The van der Waals surface area contributed by atoms with E-state index < -0.39 is 0 Å². The largest absolute Gasteiger partial charge is 0.310 e. The zero-order valence-corrected chi connectivity index (χ0v) is 13.0. The van der Waals surface area contributed by atoms with Crippen molar-refractivity contribution in [2.45, 2.75) is 25.1 Å². The van der Waals surface area contributed by atoms with E-state index in [2.05, 4.69) is 47.4 Å². The van der Waals surface area contributed by atoms with E-state index in [1.165, 1.54) is 4.88 Å². The monoisotopic (exact) mass is 327 g/mol. The maximum Gasteiger partial charge on any atom is 0.107 e. The van der Waals surface area contributed by atoms with E-state index in [0.717, 1.165) is 21.9 Å². The molecule has 0 saturated heterocycles. The molecule has 0 amide bonds. The molecule has 0 saturated carbocycles. The molecule has 0 bridgehead atoms. The lowest BCUT2D eigenvalue weighted by molar-refractivity contribution is 0.594. The first-order valence-electron chi connectivity index (χ1n) is 4.64. The molecule has 86 valence electrons. The number of thioether (sulfide) groups is 1. The van der Waals surface area contributed by atoms with Crippen LogP contribution in [-0.4, -0.2) is 17.5 Å². The average molecular weight is 329 g/mol. The Morgan fingerprint density at radius 2 is 2.27 bits per heavy atom. The third-order valence-electron chi connectivity index (χ3n) is 2.10. The quantitative estimate of drug-likeness (QED) is 0.860. The van der Waals surface area contributed by atoms with Crippen LogP contribution in [0.15, 0.2) is 10.5 Å². The van der Waals surface area contributed by atoms with Gasteiger partial charge < -0.3 is 5.32 Å². The Balaban J connectivity index is 2.38. The van der Waals surface area contributed by atoms with Crippen molar-refractivity contribution >= 4 is 50.6 Å². The first kappa shape index (κ1) is 13.8. The van der Waals surface area contributed by atoms with E-state index in [9.17, 15) is 0 Å². The highest BCUT2D eigenvalue weighted by Crippen LogP contribution is 2.31. The summed E-state index contributed by atoms with van der Waals surface area (Å²) in [7, 11) is 0. The lowest BCUT2D eigenvalue weighted by Crippen LogP contribution is -2.31. The second kappa shape index (κ2) is 5.92. The Morgan fingerprint density at radius 3 is 2.73 bits per heavy atom. The summed E-state index contributed by atoms with van der Waals surface area (Å²) in [5, 5.41) is 3.44. The van der Waals surface area contributed by atoms with Crippen molar-refractivity contribution in [3.05, 3.63) is 19.8 Å². The average Bonchev–Trinajstić information content (AvgIpc) is 2.46. The Hall–Kier alpha value is 0.780. The molecule has 0 spiro atoms. The summed E-state index contributed by atoms with van der Waals surface area (Å²) in [5.41, 5.74) is 0. The van der Waals surface area contributed by atoms with Crippen molar-refractivity contribution in [3.63, 3.8) is 0 Å². The van der Waals surface area contributed by atoms with Crippen molar-refractivity contribution in [2.75, 3.05) is 12.8 Å². The maximum absolute atomic E-state index is 5.97. The molecule has 1 N–H and O–H groups in total. The van der Waals surface area contributed by atoms with E-state index >= 15 is 0 Å². The molecular weight excluding hydrogens is 314 g/mol. The van der Waals surface area contributed by atoms with Gasteiger partial charge in [0.15, 0.2) is 0 Å². The minimum absolute atomic E-state index is 0.290.